The van der Waals surface area contributed by atoms with E-state index in [0.717, 1.165) is 11.3 Å². The molecule has 100 valence electrons. The molecule has 2 N–H and O–H groups in total. The molecule has 2 rings (SSSR count). The predicted octanol–water partition coefficient (Wildman–Crippen LogP) is 3.31. The molecule has 1 aromatic rings. The van der Waals surface area contributed by atoms with Crippen LogP contribution in [0.25, 0.3) is 0 Å². The third kappa shape index (κ3) is 3.02. The highest BCUT2D eigenvalue weighted by molar-refractivity contribution is 5.26. The van der Waals surface area contributed by atoms with E-state index in [1.807, 2.05) is 12.3 Å². The second-order valence-electron chi connectivity index (χ2n) is 6.19. The number of aromatic nitrogens is 1. The zero-order chi connectivity index (χ0) is 13.2. The summed E-state index contributed by atoms with van der Waals surface area (Å²) >= 11 is 0. The van der Waals surface area contributed by atoms with Gasteiger partial charge in [0, 0.05) is 12.2 Å². The molecule has 0 bridgehead atoms. The van der Waals surface area contributed by atoms with Gasteiger partial charge in [0.15, 0.2) is 0 Å². The largest absolute Gasteiger partial charge is 0.495 e. The third-order valence-corrected chi connectivity index (χ3v) is 4.25. The van der Waals surface area contributed by atoms with E-state index in [2.05, 4.69) is 18.8 Å². The van der Waals surface area contributed by atoms with Gasteiger partial charge in [-0.3, -0.25) is 4.98 Å². The van der Waals surface area contributed by atoms with E-state index in [-0.39, 0.29) is 6.04 Å². The Labute approximate surface area is 110 Å². The average Bonchev–Trinajstić information content (AvgIpc) is 2.38. The predicted molar refractivity (Wildman–Crippen MR) is 73.5 cm³/mol. The van der Waals surface area contributed by atoms with Crippen molar-refractivity contribution in [3.05, 3.63) is 24.0 Å². The van der Waals surface area contributed by atoms with Gasteiger partial charge in [-0.1, -0.05) is 13.8 Å². The smallest absolute Gasteiger partial charge is 0.137 e. The lowest BCUT2D eigenvalue weighted by Crippen LogP contribution is -2.29. The van der Waals surface area contributed by atoms with E-state index < -0.39 is 0 Å². The molecule has 1 fully saturated rings. The number of hydrogen-bond donors (Lipinski definition) is 1. The molecule has 0 amide bonds. The zero-order valence-electron chi connectivity index (χ0n) is 11.6. The summed E-state index contributed by atoms with van der Waals surface area (Å²) in [5.74, 6) is 1.37. The van der Waals surface area contributed by atoms with Crippen LogP contribution in [0.2, 0.25) is 0 Å². The Morgan fingerprint density at radius 3 is 2.61 bits per heavy atom. The van der Waals surface area contributed by atoms with Gasteiger partial charge in [0.25, 0.3) is 0 Å². The van der Waals surface area contributed by atoms with Crippen LogP contribution >= 0.6 is 0 Å². The monoisotopic (exact) mass is 248 g/mol. The van der Waals surface area contributed by atoms with Crippen molar-refractivity contribution in [2.75, 3.05) is 7.11 Å². The van der Waals surface area contributed by atoms with Gasteiger partial charge in [0.1, 0.15) is 5.75 Å². The first-order valence-corrected chi connectivity index (χ1v) is 6.76. The van der Waals surface area contributed by atoms with Crippen molar-refractivity contribution < 1.29 is 4.74 Å². The highest BCUT2D eigenvalue weighted by Crippen LogP contribution is 2.42. The van der Waals surface area contributed by atoms with Crippen molar-refractivity contribution in [3.8, 4) is 5.75 Å². The van der Waals surface area contributed by atoms with Crippen molar-refractivity contribution in [1.82, 2.24) is 4.98 Å². The second kappa shape index (κ2) is 5.27. The molecule has 0 saturated heterocycles. The molecular weight excluding hydrogens is 224 g/mol. The molecule has 0 aromatic carbocycles. The lowest BCUT2D eigenvalue weighted by molar-refractivity contribution is 0.173. The van der Waals surface area contributed by atoms with Crippen LogP contribution in [0.15, 0.2) is 18.5 Å². The summed E-state index contributed by atoms with van der Waals surface area (Å²) in [6, 6.07) is 2.10. The summed E-state index contributed by atoms with van der Waals surface area (Å²) in [5.41, 5.74) is 7.97. The standard InChI is InChI=1S/C15H24N2O/c1-15(2)6-4-11(5-7-15)14(16)12-8-13(18-3)10-17-9-12/h8-11,14H,4-7,16H2,1-3H3. The first-order valence-electron chi connectivity index (χ1n) is 6.76. The lowest BCUT2D eigenvalue weighted by Gasteiger charge is -2.36. The Morgan fingerprint density at radius 1 is 1.33 bits per heavy atom. The fourth-order valence-electron chi connectivity index (χ4n) is 2.78. The summed E-state index contributed by atoms with van der Waals surface area (Å²) in [7, 11) is 1.66. The molecule has 1 saturated carbocycles. The molecule has 1 heterocycles. The van der Waals surface area contributed by atoms with Crippen LogP contribution in [-0.4, -0.2) is 12.1 Å². The van der Waals surface area contributed by atoms with Crippen LogP contribution in [0.3, 0.4) is 0 Å². The van der Waals surface area contributed by atoms with E-state index in [1.54, 1.807) is 13.3 Å². The Morgan fingerprint density at radius 2 is 2.00 bits per heavy atom. The molecule has 0 aliphatic heterocycles. The number of rotatable bonds is 3. The van der Waals surface area contributed by atoms with E-state index >= 15 is 0 Å². The lowest BCUT2D eigenvalue weighted by atomic mass is 9.70. The van der Waals surface area contributed by atoms with Gasteiger partial charge in [0.2, 0.25) is 0 Å². The third-order valence-electron chi connectivity index (χ3n) is 4.25. The first kappa shape index (κ1) is 13.3. The Kier molecular flexibility index (Phi) is 3.91. The molecule has 1 aromatic heterocycles. The molecule has 0 spiro atoms. The molecule has 3 heteroatoms. The molecule has 1 aliphatic carbocycles. The Balaban J connectivity index is 2.05. The van der Waals surface area contributed by atoms with Crippen LogP contribution in [0, 0.1) is 11.3 Å². The quantitative estimate of drug-likeness (QED) is 0.892. The van der Waals surface area contributed by atoms with Crippen LogP contribution in [0.4, 0.5) is 0 Å². The number of methoxy groups -OCH3 is 1. The molecule has 3 nitrogen and oxygen atoms in total. The van der Waals surface area contributed by atoms with Crippen LogP contribution in [-0.2, 0) is 0 Å². The molecule has 1 aliphatic rings. The van der Waals surface area contributed by atoms with Crippen LogP contribution < -0.4 is 10.5 Å². The molecule has 18 heavy (non-hydrogen) atoms. The Hall–Kier alpha value is -1.09. The van der Waals surface area contributed by atoms with Crippen molar-refractivity contribution >= 4 is 0 Å². The highest BCUT2D eigenvalue weighted by atomic mass is 16.5. The fourth-order valence-corrected chi connectivity index (χ4v) is 2.78. The summed E-state index contributed by atoms with van der Waals surface area (Å²) in [6.45, 7) is 4.70. The highest BCUT2D eigenvalue weighted by Gasteiger charge is 2.30. The van der Waals surface area contributed by atoms with Crippen molar-refractivity contribution in [3.63, 3.8) is 0 Å². The van der Waals surface area contributed by atoms with Gasteiger partial charge in [-0.25, -0.2) is 0 Å². The fraction of sp³-hybridized carbons (Fsp3) is 0.667. The van der Waals surface area contributed by atoms with Crippen LogP contribution in [0.5, 0.6) is 5.75 Å². The minimum atomic E-state index is 0.0868. The average molecular weight is 248 g/mol. The first-order chi connectivity index (χ1) is 8.52. The second-order valence-corrected chi connectivity index (χ2v) is 6.19. The van der Waals surface area contributed by atoms with E-state index in [0.29, 0.717) is 11.3 Å². The zero-order valence-corrected chi connectivity index (χ0v) is 11.6. The summed E-state index contributed by atoms with van der Waals surface area (Å²) in [4.78, 5) is 4.19. The SMILES string of the molecule is COc1cncc(C(N)C2CCC(C)(C)CC2)c1. The van der Waals surface area contributed by atoms with E-state index in [1.165, 1.54) is 25.7 Å². The maximum absolute atomic E-state index is 6.39. The molecular formula is C15H24N2O. The maximum atomic E-state index is 6.39. The van der Waals surface area contributed by atoms with Crippen molar-refractivity contribution in [2.45, 2.75) is 45.6 Å². The summed E-state index contributed by atoms with van der Waals surface area (Å²) in [6.07, 6.45) is 8.55. The molecule has 0 radical (unpaired) electrons. The number of nitrogens with two attached hydrogens (primary N) is 1. The molecule has 1 unspecified atom stereocenters. The van der Waals surface area contributed by atoms with Crippen molar-refractivity contribution in [2.24, 2.45) is 17.1 Å². The normalized spacial score (nSPS) is 21.6. The summed E-state index contributed by atoms with van der Waals surface area (Å²) in [5, 5.41) is 0. The topological polar surface area (TPSA) is 48.1 Å². The number of pyridine rings is 1. The summed E-state index contributed by atoms with van der Waals surface area (Å²) < 4.78 is 5.21. The van der Waals surface area contributed by atoms with Crippen molar-refractivity contribution in [1.29, 1.82) is 0 Å². The van der Waals surface area contributed by atoms with E-state index in [4.69, 9.17) is 10.5 Å². The number of nitrogens with zero attached hydrogens (tertiary/aromatic N) is 1. The van der Waals surface area contributed by atoms with Gasteiger partial charge in [-0.15, -0.1) is 0 Å². The maximum Gasteiger partial charge on any atom is 0.137 e. The van der Waals surface area contributed by atoms with Gasteiger partial charge in [-0.2, -0.15) is 0 Å². The minimum absolute atomic E-state index is 0.0868. The van der Waals surface area contributed by atoms with Crippen LogP contribution in [0.1, 0.15) is 51.1 Å². The molecule has 1 atom stereocenters. The van der Waals surface area contributed by atoms with Gasteiger partial charge in [0.05, 0.1) is 13.3 Å². The number of ether oxygens (including phenoxy) is 1. The van der Waals surface area contributed by atoms with Gasteiger partial charge in [-0.05, 0) is 48.6 Å². The minimum Gasteiger partial charge on any atom is -0.495 e. The number of hydrogen-bond acceptors (Lipinski definition) is 3. The van der Waals surface area contributed by atoms with Gasteiger partial charge >= 0.3 is 0 Å². The Bertz CT molecular complexity index is 393. The van der Waals surface area contributed by atoms with Gasteiger partial charge < -0.3 is 10.5 Å². The van der Waals surface area contributed by atoms with E-state index in [9.17, 15) is 0 Å².